The molecule has 2 N–H and O–H groups in total. The Morgan fingerprint density at radius 3 is 2.74 bits per heavy atom. The third-order valence-corrected chi connectivity index (χ3v) is 4.13. The molecule has 0 radical (unpaired) electrons. The summed E-state index contributed by atoms with van der Waals surface area (Å²) in [7, 11) is -1.75. The first-order valence-corrected chi connectivity index (χ1v) is 6.93. The van der Waals surface area contributed by atoms with E-state index in [0.717, 1.165) is 18.5 Å². The lowest BCUT2D eigenvalue weighted by Crippen LogP contribution is -2.36. The molecule has 0 spiro atoms. The largest absolute Gasteiger partial charge is 0.491 e. The quantitative estimate of drug-likeness (QED) is 0.806. The van der Waals surface area contributed by atoms with Crippen LogP contribution in [0, 0.1) is 5.82 Å². The molecule has 1 aromatic rings. The Balaban J connectivity index is 2.16. The Morgan fingerprint density at radius 1 is 1.37 bits per heavy atom. The van der Waals surface area contributed by atoms with Crippen LogP contribution in [-0.4, -0.2) is 34.2 Å². The van der Waals surface area contributed by atoms with Gasteiger partial charge in [-0.2, -0.15) is 0 Å². The molecule has 1 fully saturated rings. The van der Waals surface area contributed by atoms with Crippen LogP contribution in [0.3, 0.4) is 0 Å². The first kappa shape index (κ1) is 14.5. The zero-order valence-electron chi connectivity index (χ0n) is 11.5. The summed E-state index contributed by atoms with van der Waals surface area (Å²) in [5.74, 6) is -0.569. The molecule has 19 heavy (non-hydrogen) atoms. The highest BCUT2D eigenvalue weighted by Crippen LogP contribution is 2.27. The van der Waals surface area contributed by atoms with Gasteiger partial charge in [0.1, 0.15) is 5.82 Å². The third-order valence-electron chi connectivity index (χ3n) is 4.13. The van der Waals surface area contributed by atoms with Crippen molar-refractivity contribution in [3.8, 4) is 0 Å². The number of benzene rings is 1. The maximum Gasteiger partial charge on any atom is 0.491 e. The highest BCUT2D eigenvalue weighted by atomic mass is 19.1. The van der Waals surface area contributed by atoms with Crippen LogP contribution in [0.5, 0.6) is 0 Å². The van der Waals surface area contributed by atoms with E-state index in [0.29, 0.717) is 12.1 Å². The molecule has 1 aliphatic rings. The Labute approximate surface area is 114 Å². The van der Waals surface area contributed by atoms with Gasteiger partial charge in [-0.15, -0.1) is 0 Å². The minimum atomic E-state index is -1.75. The average Bonchev–Trinajstić information content (AvgIpc) is 2.72. The standard InChI is InChI=1S/C14H21BFNO2/c1-3-12-6-4-10(2)17(12)9-11-5-7-14(16)13(8-11)15(18)19/h5,7-8,10,12,18-19H,3-4,6,9H2,1-2H3. The molecule has 1 aromatic carbocycles. The molecular weight excluding hydrogens is 244 g/mol. The molecule has 3 nitrogen and oxygen atoms in total. The van der Waals surface area contributed by atoms with Gasteiger partial charge < -0.3 is 10.0 Å². The molecule has 2 atom stereocenters. The zero-order valence-corrected chi connectivity index (χ0v) is 11.5. The van der Waals surface area contributed by atoms with E-state index in [4.69, 9.17) is 10.0 Å². The Morgan fingerprint density at radius 2 is 2.11 bits per heavy atom. The van der Waals surface area contributed by atoms with Gasteiger partial charge >= 0.3 is 7.12 Å². The highest BCUT2D eigenvalue weighted by molar-refractivity contribution is 6.58. The van der Waals surface area contributed by atoms with Gasteiger partial charge in [0.15, 0.2) is 0 Å². The number of likely N-dealkylation sites (tertiary alicyclic amines) is 1. The van der Waals surface area contributed by atoms with Crippen molar-refractivity contribution in [2.75, 3.05) is 0 Å². The molecular formula is C14H21BFNO2. The second-order valence-electron chi connectivity index (χ2n) is 5.39. The monoisotopic (exact) mass is 265 g/mol. The van der Waals surface area contributed by atoms with Gasteiger partial charge in [0, 0.05) is 24.1 Å². The number of hydrogen-bond donors (Lipinski definition) is 2. The summed E-state index contributed by atoms with van der Waals surface area (Å²) >= 11 is 0. The number of halogens is 1. The van der Waals surface area contributed by atoms with E-state index in [1.807, 2.05) is 0 Å². The Bertz CT molecular complexity index is 441. The van der Waals surface area contributed by atoms with E-state index < -0.39 is 12.9 Å². The summed E-state index contributed by atoms with van der Waals surface area (Å²) in [6, 6.07) is 5.68. The molecule has 1 aliphatic heterocycles. The van der Waals surface area contributed by atoms with Crippen LogP contribution in [0.25, 0.3) is 0 Å². The minimum absolute atomic E-state index is 0.0441. The van der Waals surface area contributed by atoms with Crippen molar-refractivity contribution < 1.29 is 14.4 Å². The Hall–Kier alpha value is -0.905. The summed E-state index contributed by atoms with van der Waals surface area (Å²) in [5, 5.41) is 18.3. The lowest BCUT2D eigenvalue weighted by Gasteiger charge is -2.28. The number of rotatable bonds is 4. The Kier molecular flexibility index (Phi) is 4.60. The highest BCUT2D eigenvalue weighted by Gasteiger charge is 2.29. The van der Waals surface area contributed by atoms with Gasteiger partial charge in [-0.25, -0.2) is 4.39 Å². The van der Waals surface area contributed by atoms with Gasteiger partial charge in [-0.05, 0) is 37.8 Å². The zero-order chi connectivity index (χ0) is 14.0. The van der Waals surface area contributed by atoms with Gasteiger partial charge in [0.25, 0.3) is 0 Å². The van der Waals surface area contributed by atoms with Crippen LogP contribution >= 0.6 is 0 Å². The van der Waals surface area contributed by atoms with Crippen molar-refractivity contribution in [2.45, 2.75) is 51.7 Å². The van der Waals surface area contributed by atoms with Crippen molar-refractivity contribution in [1.29, 1.82) is 0 Å². The molecule has 0 bridgehead atoms. The topological polar surface area (TPSA) is 43.7 Å². The van der Waals surface area contributed by atoms with E-state index in [-0.39, 0.29) is 5.46 Å². The summed E-state index contributed by atoms with van der Waals surface area (Å²) in [6.07, 6.45) is 3.50. The van der Waals surface area contributed by atoms with E-state index >= 15 is 0 Å². The van der Waals surface area contributed by atoms with Crippen LogP contribution in [0.4, 0.5) is 4.39 Å². The number of nitrogens with zero attached hydrogens (tertiary/aromatic N) is 1. The van der Waals surface area contributed by atoms with Crippen LogP contribution in [0.1, 0.15) is 38.7 Å². The molecule has 2 rings (SSSR count). The molecule has 5 heteroatoms. The van der Waals surface area contributed by atoms with Crippen LogP contribution in [0.15, 0.2) is 18.2 Å². The number of hydrogen-bond acceptors (Lipinski definition) is 3. The predicted octanol–water partition coefficient (Wildman–Crippen LogP) is 1.27. The predicted molar refractivity (Wildman–Crippen MR) is 74.5 cm³/mol. The lowest BCUT2D eigenvalue weighted by atomic mass is 9.79. The maximum absolute atomic E-state index is 13.4. The van der Waals surface area contributed by atoms with Crippen molar-refractivity contribution in [2.24, 2.45) is 0 Å². The summed E-state index contributed by atoms with van der Waals surface area (Å²) in [6.45, 7) is 5.13. The first-order chi connectivity index (χ1) is 9.02. The fourth-order valence-electron chi connectivity index (χ4n) is 2.95. The fourth-order valence-corrected chi connectivity index (χ4v) is 2.95. The van der Waals surface area contributed by atoms with Crippen molar-refractivity contribution in [1.82, 2.24) is 4.90 Å². The van der Waals surface area contributed by atoms with E-state index in [9.17, 15) is 4.39 Å². The second-order valence-corrected chi connectivity index (χ2v) is 5.39. The van der Waals surface area contributed by atoms with Crippen LogP contribution in [0.2, 0.25) is 0 Å². The maximum atomic E-state index is 13.4. The molecule has 0 amide bonds. The van der Waals surface area contributed by atoms with Crippen LogP contribution in [-0.2, 0) is 6.54 Å². The van der Waals surface area contributed by atoms with E-state index in [1.54, 1.807) is 12.1 Å². The normalized spacial score (nSPS) is 23.8. The van der Waals surface area contributed by atoms with Crippen molar-refractivity contribution in [3.63, 3.8) is 0 Å². The third kappa shape index (κ3) is 3.16. The molecule has 104 valence electrons. The average molecular weight is 265 g/mol. The second kappa shape index (κ2) is 6.03. The molecule has 0 aromatic heterocycles. The molecule has 0 aliphatic carbocycles. The minimum Gasteiger partial charge on any atom is -0.423 e. The summed E-state index contributed by atoms with van der Waals surface area (Å²) in [5.41, 5.74) is 0.883. The van der Waals surface area contributed by atoms with Crippen molar-refractivity contribution in [3.05, 3.63) is 29.6 Å². The summed E-state index contributed by atoms with van der Waals surface area (Å²) in [4.78, 5) is 2.42. The molecule has 0 saturated carbocycles. The van der Waals surface area contributed by atoms with Crippen LogP contribution < -0.4 is 5.46 Å². The van der Waals surface area contributed by atoms with Gasteiger partial charge in [-0.1, -0.05) is 19.1 Å². The van der Waals surface area contributed by atoms with Crippen molar-refractivity contribution >= 4 is 12.6 Å². The molecule has 2 unspecified atom stereocenters. The van der Waals surface area contributed by atoms with Gasteiger partial charge in [0.05, 0.1) is 0 Å². The SMILES string of the molecule is CCC1CCC(C)N1Cc1ccc(F)c(B(O)O)c1. The lowest BCUT2D eigenvalue weighted by molar-refractivity contribution is 0.189. The van der Waals surface area contributed by atoms with E-state index in [1.165, 1.54) is 18.9 Å². The van der Waals surface area contributed by atoms with Gasteiger partial charge in [-0.3, -0.25) is 4.90 Å². The fraction of sp³-hybridized carbons (Fsp3) is 0.571. The molecule has 1 heterocycles. The first-order valence-electron chi connectivity index (χ1n) is 6.93. The van der Waals surface area contributed by atoms with E-state index in [2.05, 4.69) is 18.7 Å². The smallest absolute Gasteiger partial charge is 0.423 e. The summed E-state index contributed by atoms with van der Waals surface area (Å²) < 4.78 is 13.4. The molecule has 1 saturated heterocycles. The van der Waals surface area contributed by atoms with Gasteiger partial charge in [0.2, 0.25) is 0 Å².